The number of carbonyl (C=O) groups is 3. The Labute approximate surface area is 175 Å². The third-order valence-electron chi connectivity index (χ3n) is 4.76. The van der Waals surface area contributed by atoms with Crippen LogP contribution in [0.5, 0.6) is 0 Å². The lowest BCUT2D eigenvalue weighted by Gasteiger charge is -2.16. The van der Waals surface area contributed by atoms with Gasteiger partial charge in [-0.3, -0.25) is 9.59 Å². The average molecular weight is 426 g/mol. The molecule has 0 radical (unpaired) electrons. The van der Waals surface area contributed by atoms with Crippen LogP contribution in [0.4, 0.5) is 5.00 Å². The van der Waals surface area contributed by atoms with Gasteiger partial charge in [-0.1, -0.05) is 0 Å². The molecule has 0 fully saturated rings. The van der Waals surface area contributed by atoms with Gasteiger partial charge in [0.15, 0.2) is 0 Å². The van der Waals surface area contributed by atoms with Gasteiger partial charge in [-0.2, -0.15) is 0 Å². The molecule has 1 amide bonds. The van der Waals surface area contributed by atoms with Crippen LogP contribution in [-0.4, -0.2) is 67.7 Å². The van der Waals surface area contributed by atoms with E-state index < -0.39 is 23.9 Å². The Hall–Kier alpha value is -1.97. The van der Waals surface area contributed by atoms with Crippen molar-refractivity contribution in [3.05, 3.63) is 16.0 Å². The van der Waals surface area contributed by atoms with Gasteiger partial charge in [0, 0.05) is 4.88 Å². The van der Waals surface area contributed by atoms with Gasteiger partial charge < -0.3 is 25.4 Å². The maximum absolute atomic E-state index is 12.5. The molecule has 0 spiro atoms. The van der Waals surface area contributed by atoms with Crippen molar-refractivity contribution in [3.8, 4) is 0 Å². The number of nitrogens with one attached hydrogen (secondary N) is 2. The molecule has 0 aliphatic heterocycles. The number of anilines is 1. The molecule has 0 saturated carbocycles. The molecule has 1 aliphatic rings. The molecule has 1 aromatic rings. The van der Waals surface area contributed by atoms with Crippen LogP contribution in [0.15, 0.2) is 0 Å². The molecule has 1 aromatic heterocycles. The molecule has 8 nitrogen and oxygen atoms in total. The summed E-state index contributed by atoms with van der Waals surface area (Å²) in [5.74, 6) is -1.93. The van der Waals surface area contributed by atoms with E-state index in [1.165, 1.54) is 11.3 Å². The minimum Gasteiger partial charge on any atom is -0.480 e. The van der Waals surface area contributed by atoms with Crippen LogP contribution < -0.4 is 10.6 Å². The van der Waals surface area contributed by atoms with Crippen LogP contribution in [0.3, 0.4) is 0 Å². The van der Waals surface area contributed by atoms with Crippen LogP contribution in [-0.2, 0) is 27.2 Å². The summed E-state index contributed by atoms with van der Waals surface area (Å²) in [7, 11) is 3.90. The van der Waals surface area contributed by atoms with E-state index in [0.29, 0.717) is 17.1 Å². The summed E-state index contributed by atoms with van der Waals surface area (Å²) in [5.41, 5.74) is 1.40. The highest BCUT2D eigenvalue weighted by Crippen LogP contribution is 2.38. The molecule has 1 aliphatic carbocycles. The predicted octanol–water partition coefficient (Wildman–Crippen LogP) is 2.13. The topological polar surface area (TPSA) is 108 Å². The van der Waals surface area contributed by atoms with Gasteiger partial charge in [-0.05, 0) is 71.8 Å². The van der Waals surface area contributed by atoms with Crippen molar-refractivity contribution in [2.75, 3.05) is 39.1 Å². The first-order valence-electron chi connectivity index (χ1n) is 10.1. The standard InChI is InChI=1S/C20H31N3O5S/c1-4-28-20(27)17-13-8-5-6-9-15(13)29-18(17)22-16(24)12-14(19(25)26)21-10-7-11-23(2)3/h14,21H,4-12H2,1-3H3,(H,22,24)(H,25,26). The summed E-state index contributed by atoms with van der Waals surface area (Å²) in [4.78, 5) is 39.6. The lowest BCUT2D eigenvalue weighted by molar-refractivity contribution is -0.141. The predicted molar refractivity (Wildman–Crippen MR) is 113 cm³/mol. The summed E-state index contributed by atoms with van der Waals surface area (Å²) >= 11 is 1.40. The first-order chi connectivity index (χ1) is 13.8. The van der Waals surface area contributed by atoms with E-state index in [2.05, 4.69) is 10.6 Å². The van der Waals surface area contributed by atoms with Gasteiger partial charge in [0.25, 0.3) is 0 Å². The van der Waals surface area contributed by atoms with E-state index in [1.54, 1.807) is 6.92 Å². The second kappa shape index (κ2) is 11.3. The zero-order chi connectivity index (χ0) is 21.4. The Bertz CT molecular complexity index is 732. The Kier molecular flexibility index (Phi) is 9.06. The lowest BCUT2D eigenvalue weighted by Crippen LogP contribution is -2.40. The lowest BCUT2D eigenvalue weighted by atomic mass is 9.95. The number of carbonyl (C=O) groups excluding carboxylic acids is 2. The molecule has 3 N–H and O–H groups in total. The number of rotatable bonds is 11. The van der Waals surface area contributed by atoms with Gasteiger partial charge in [-0.15, -0.1) is 11.3 Å². The van der Waals surface area contributed by atoms with Gasteiger partial charge in [0.05, 0.1) is 18.6 Å². The third-order valence-corrected chi connectivity index (χ3v) is 5.97. The zero-order valence-electron chi connectivity index (χ0n) is 17.4. The number of carboxylic acid groups (broad SMARTS) is 1. The van der Waals surface area contributed by atoms with Crippen molar-refractivity contribution in [1.29, 1.82) is 0 Å². The zero-order valence-corrected chi connectivity index (χ0v) is 18.2. The van der Waals surface area contributed by atoms with Crippen LogP contribution in [0, 0.1) is 0 Å². The summed E-state index contributed by atoms with van der Waals surface area (Å²) < 4.78 is 5.18. The quantitative estimate of drug-likeness (QED) is 0.368. The van der Waals surface area contributed by atoms with Crippen LogP contribution in [0.25, 0.3) is 0 Å². The van der Waals surface area contributed by atoms with E-state index in [9.17, 15) is 19.5 Å². The van der Waals surface area contributed by atoms with Gasteiger partial charge in [0.1, 0.15) is 11.0 Å². The van der Waals surface area contributed by atoms with E-state index in [-0.39, 0.29) is 13.0 Å². The molecular weight excluding hydrogens is 394 g/mol. The number of aryl methyl sites for hydroxylation is 1. The van der Waals surface area contributed by atoms with E-state index in [1.807, 2.05) is 19.0 Å². The van der Waals surface area contributed by atoms with Gasteiger partial charge in [-0.25, -0.2) is 4.79 Å². The number of aliphatic carboxylic acids is 1. The molecule has 1 atom stereocenters. The molecule has 2 rings (SSSR count). The average Bonchev–Trinajstić information content (AvgIpc) is 3.01. The van der Waals surface area contributed by atoms with Crippen molar-refractivity contribution in [2.24, 2.45) is 0 Å². The van der Waals surface area contributed by atoms with Crippen molar-refractivity contribution >= 4 is 34.2 Å². The number of hydrogen-bond acceptors (Lipinski definition) is 7. The molecule has 1 heterocycles. The summed E-state index contributed by atoms with van der Waals surface area (Å²) in [6, 6.07) is -0.974. The fourth-order valence-electron chi connectivity index (χ4n) is 3.35. The number of thiophene rings is 1. The van der Waals surface area contributed by atoms with Crippen LogP contribution >= 0.6 is 11.3 Å². The monoisotopic (exact) mass is 425 g/mol. The highest BCUT2D eigenvalue weighted by Gasteiger charge is 2.28. The first kappa shape index (κ1) is 23.3. The largest absolute Gasteiger partial charge is 0.480 e. The maximum atomic E-state index is 12.5. The Morgan fingerprint density at radius 2 is 1.97 bits per heavy atom. The minimum atomic E-state index is -1.07. The Morgan fingerprint density at radius 1 is 1.24 bits per heavy atom. The number of nitrogens with zero attached hydrogens (tertiary/aromatic N) is 1. The molecule has 0 bridgehead atoms. The normalized spacial score (nSPS) is 14.3. The number of fused-ring (bicyclic) bond motifs is 1. The van der Waals surface area contributed by atoms with Gasteiger partial charge in [0.2, 0.25) is 5.91 Å². The third kappa shape index (κ3) is 6.80. The second-order valence-corrected chi connectivity index (χ2v) is 8.49. The number of hydrogen-bond donors (Lipinski definition) is 3. The summed E-state index contributed by atoms with van der Waals surface area (Å²) in [6.07, 6.45) is 4.31. The maximum Gasteiger partial charge on any atom is 0.341 e. The highest BCUT2D eigenvalue weighted by molar-refractivity contribution is 7.17. The van der Waals surface area contributed by atoms with Crippen molar-refractivity contribution in [2.45, 2.75) is 51.5 Å². The van der Waals surface area contributed by atoms with Crippen molar-refractivity contribution in [3.63, 3.8) is 0 Å². The number of amides is 1. The first-order valence-corrected chi connectivity index (χ1v) is 10.9. The number of esters is 1. The molecule has 9 heteroatoms. The smallest absolute Gasteiger partial charge is 0.341 e. The molecular formula is C20H31N3O5S. The van der Waals surface area contributed by atoms with E-state index >= 15 is 0 Å². The number of ether oxygens (including phenoxy) is 1. The van der Waals surface area contributed by atoms with Gasteiger partial charge >= 0.3 is 11.9 Å². The number of carboxylic acids is 1. The van der Waals surface area contributed by atoms with Crippen molar-refractivity contribution in [1.82, 2.24) is 10.2 Å². The molecule has 162 valence electrons. The van der Waals surface area contributed by atoms with Crippen molar-refractivity contribution < 1.29 is 24.2 Å². The molecule has 0 aromatic carbocycles. The second-order valence-electron chi connectivity index (χ2n) is 7.39. The molecule has 1 unspecified atom stereocenters. The fraction of sp³-hybridized carbons (Fsp3) is 0.650. The summed E-state index contributed by atoms with van der Waals surface area (Å²) in [5, 5.41) is 15.6. The summed E-state index contributed by atoms with van der Waals surface area (Å²) in [6.45, 7) is 3.34. The Balaban J connectivity index is 2.05. The SMILES string of the molecule is CCOC(=O)c1c(NC(=O)CC(NCCCN(C)C)C(=O)O)sc2c1CCCC2. The van der Waals surface area contributed by atoms with Crippen LogP contribution in [0.1, 0.15) is 53.4 Å². The van der Waals surface area contributed by atoms with Crippen LogP contribution in [0.2, 0.25) is 0 Å². The van der Waals surface area contributed by atoms with E-state index in [0.717, 1.165) is 49.1 Å². The molecule has 0 saturated heterocycles. The van der Waals surface area contributed by atoms with E-state index in [4.69, 9.17) is 4.74 Å². The highest BCUT2D eigenvalue weighted by atomic mass is 32.1. The minimum absolute atomic E-state index is 0.206. The fourth-order valence-corrected chi connectivity index (χ4v) is 4.65. The Morgan fingerprint density at radius 3 is 2.62 bits per heavy atom. The molecule has 29 heavy (non-hydrogen) atoms.